The Labute approximate surface area is 211 Å². The molecule has 4 aromatic rings. The molecule has 1 atom stereocenters. The molecule has 1 fully saturated rings. The number of methoxy groups -OCH3 is 2. The van der Waals surface area contributed by atoms with Crippen LogP contribution in [0.15, 0.2) is 60.8 Å². The van der Waals surface area contributed by atoms with E-state index < -0.39 is 0 Å². The molecular weight excluding hydrogens is 454 g/mol. The highest BCUT2D eigenvalue weighted by Crippen LogP contribution is 2.35. The van der Waals surface area contributed by atoms with E-state index in [-0.39, 0.29) is 6.10 Å². The van der Waals surface area contributed by atoms with E-state index in [1.807, 2.05) is 53.9 Å². The Morgan fingerprint density at radius 2 is 1.81 bits per heavy atom. The first-order chi connectivity index (χ1) is 17.6. The molecule has 0 spiro atoms. The van der Waals surface area contributed by atoms with Crippen molar-refractivity contribution in [1.82, 2.24) is 19.5 Å². The number of β-amino-alcohol motifs (C(OH)–C–C–N with tert-alkyl or cyclic N) is 1. The second-order valence-corrected chi connectivity index (χ2v) is 9.35. The van der Waals surface area contributed by atoms with Crippen molar-refractivity contribution < 1.29 is 14.6 Å². The fourth-order valence-electron chi connectivity index (χ4n) is 5.03. The molecule has 0 saturated carbocycles. The van der Waals surface area contributed by atoms with E-state index in [0.29, 0.717) is 11.9 Å². The zero-order chi connectivity index (χ0) is 25.1. The molecule has 2 aromatic heterocycles. The van der Waals surface area contributed by atoms with E-state index in [0.717, 1.165) is 66.4 Å². The van der Waals surface area contributed by atoms with Crippen LogP contribution in [-0.4, -0.2) is 64.6 Å². The molecule has 8 heteroatoms. The lowest BCUT2D eigenvalue weighted by molar-refractivity contribution is 0.109. The minimum Gasteiger partial charge on any atom is -0.496 e. The fraction of sp³-hybridized carbons (Fsp3) is 0.357. The van der Waals surface area contributed by atoms with Gasteiger partial charge in [0.1, 0.15) is 11.5 Å². The maximum atomic E-state index is 9.67. The summed E-state index contributed by atoms with van der Waals surface area (Å²) in [7, 11) is 3.36. The van der Waals surface area contributed by atoms with Gasteiger partial charge in [-0.2, -0.15) is 0 Å². The third-order valence-corrected chi connectivity index (χ3v) is 6.83. The summed E-state index contributed by atoms with van der Waals surface area (Å²) in [5.74, 6) is 2.51. The second-order valence-electron chi connectivity index (χ2n) is 9.35. The molecule has 0 amide bonds. The quantitative estimate of drug-likeness (QED) is 0.372. The molecule has 5 rings (SSSR count). The van der Waals surface area contributed by atoms with Gasteiger partial charge in [0.2, 0.25) is 5.95 Å². The van der Waals surface area contributed by atoms with Crippen molar-refractivity contribution in [1.29, 1.82) is 0 Å². The molecule has 2 aromatic carbocycles. The smallest absolute Gasteiger partial charge is 0.245 e. The summed E-state index contributed by atoms with van der Waals surface area (Å²) in [6.07, 6.45) is 3.66. The number of piperidine rings is 1. The van der Waals surface area contributed by atoms with Crippen LogP contribution in [0.5, 0.6) is 11.5 Å². The standard InChI is InChI=1S/C28H33N5O3/c1-19(34)18-32-14-12-20(13-15-32)21-8-10-24(27(16-21)36-3)30-28-29-17-22-9-11-25(33(22)31-28)23-6-4-5-7-26(23)35-2/h4-11,16-17,19-20,34H,12-15,18H2,1-3H3,(H,30,31)/t19-/m1/s1. The Bertz CT molecular complexity index is 1330. The number of likely N-dealkylation sites (tertiary alicyclic amines) is 1. The van der Waals surface area contributed by atoms with Crippen molar-refractivity contribution in [3.63, 3.8) is 0 Å². The predicted octanol–water partition coefficient (Wildman–Crippen LogP) is 4.72. The van der Waals surface area contributed by atoms with Gasteiger partial charge in [-0.1, -0.05) is 18.2 Å². The molecule has 0 bridgehead atoms. The molecular formula is C28H33N5O3. The molecule has 36 heavy (non-hydrogen) atoms. The van der Waals surface area contributed by atoms with Gasteiger partial charge in [0.15, 0.2) is 0 Å². The minimum absolute atomic E-state index is 0.286. The van der Waals surface area contributed by atoms with Gasteiger partial charge in [0.05, 0.1) is 43.4 Å². The predicted molar refractivity (Wildman–Crippen MR) is 141 cm³/mol. The number of aromatic nitrogens is 3. The maximum Gasteiger partial charge on any atom is 0.245 e. The van der Waals surface area contributed by atoms with Crippen molar-refractivity contribution in [2.24, 2.45) is 0 Å². The highest BCUT2D eigenvalue weighted by atomic mass is 16.5. The molecule has 3 heterocycles. The summed E-state index contributed by atoms with van der Waals surface area (Å²) in [6, 6.07) is 18.2. The minimum atomic E-state index is -0.286. The average molecular weight is 488 g/mol. The van der Waals surface area contributed by atoms with Gasteiger partial charge in [-0.3, -0.25) is 0 Å². The lowest BCUT2D eigenvalue weighted by Crippen LogP contribution is -2.37. The van der Waals surface area contributed by atoms with Crippen LogP contribution >= 0.6 is 0 Å². The number of rotatable bonds is 8. The van der Waals surface area contributed by atoms with Gasteiger partial charge in [0, 0.05) is 12.1 Å². The average Bonchev–Trinajstić information content (AvgIpc) is 3.32. The number of hydrogen-bond donors (Lipinski definition) is 2. The first kappa shape index (κ1) is 24.1. The van der Waals surface area contributed by atoms with Crippen molar-refractivity contribution in [3.8, 4) is 22.8 Å². The van der Waals surface area contributed by atoms with Gasteiger partial charge >= 0.3 is 0 Å². The molecule has 0 radical (unpaired) electrons. The van der Waals surface area contributed by atoms with Gasteiger partial charge in [-0.15, -0.1) is 5.10 Å². The van der Waals surface area contributed by atoms with E-state index in [2.05, 4.69) is 27.3 Å². The fourth-order valence-corrected chi connectivity index (χ4v) is 5.03. The van der Waals surface area contributed by atoms with Crippen LogP contribution in [0.2, 0.25) is 0 Å². The molecule has 8 nitrogen and oxygen atoms in total. The Morgan fingerprint density at radius 3 is 2.56 bits per heavy atom. The molecule has 2 N–H and O–H groups in total. The van der Waals surface area contributed by atoms with E-state index in [1.165, 1.54) is 5.56 Å². The topological polar surface area (TPSA) is 84.2 Å². The van der Waals surface area contributed by atoms with Gasteiger partial charge < -0.3 is 24.8 Å². The Kier molecular flexibility index (Phi) is 7.06. The van der Waals surface area contributed by atoms with Crippen molar-refractivity contribution in [3.05, 3.63) is 66.4 Å². The normalized spacial score (nSPS) is 15.7. The van der Waals surface area contributed by atoms with Crippen molar-refractivity contribution in [2.75, 3.05) is 39.2 Å². The number of aliphatic hydroxyl groups is 1. The van der Waals surface area contributed by atoms with Crippen LogP contribution in [0.25, 0.3) is 16.8 Å². The van der Waals surface area contributed by atoms with Crippen LogP contribution < -0.4 is 14.8 Å². The van der Waals surface area contributed by atoms with Crippen molar-refractivity contribution in [2.45, 2.75) is 31.8 Å². The third-order valence-electron chi connectivity index (χ3n) is 6.83. The first-order valence-electron chi connectivity index (χ1n) is 12.4. The number of ether oxygens (including phenoxy) is 2. The van der Waals surface area contributed by atoms with Crippen molar-refractivity contribution >= 4 is 17.2 Å². The Hall–Kier alpha value is -3.62. The lowest BCUT2D eigenvalue weighted by atomic mass is 9.89. The molecule has 0 aliphatic carbocycles. The summed E-state index contributed by atoms with van der Waals surface area (Å²) in [5, 5.41) is 17.8. The largest absolute Gasteiger partial charge is 0.496 e. The number of nitrogens with one attached hydrogen (secondary N) is 1. The number of benzene rings is 2. The van der Waals surface area contributed by atoms with Crippen LogP contribution in [0.1, 0.15) is 31.2 Å². The Balaban J connectivity index is 1.37. The van der Waals surface area contributed by atoms with Crippen LogP contribution in [0, 0.1) is 0 Å². The third kappa shape index (κ3) is 5.01. The summed E-state index contributed by atoms with van der Waals surface area (Å²) in [4.78, 5) is 6.85. The van der Waals surface area contributed by atoms with E-state index in [1.54, 1.807) is 20.4 Å². The molecule has 1 aliphatic heterocycles. The van der Waals surface area contributed by atoms with E-state index in [4.69, 9.17) is 14.6 Å². The van der Waals surface area contributed by atoms with E-state index >= 15 is 0 Å². The van der Waals surface area contributed by atoms with Crippen LogP contribution in [0.3, 0.4) is 0 Å². The van der Waals surface area contributed by atoms with Gasteiger partial charge in [0.25, 0.3) is 0 Å². The number of hydrogen-bond acceptors (Lipinski definition) is 7. The maximum absolute atomic E-state index is 9.67. The van der Waals surface area contributed by atoms with Gasteiger partial charge in [-0.25, -0.2) is 9.50 Å². The summed E-state index contributed by atoms with van der Waals surface area (Å²) < 4.78 is 13.2. The highest BCUT2D eigenvalue weighted by molar-refractivity contribution is 5.72. The monoisotopic (exact) mass is 487 g/mol. The SMILES string of the molecule is COc1cc(C2CCN(C[C@@H](C)O)CC2)ccc1Nc1ncc2ccc(-c3ccccc3OC)n2n1. The van der Waals surface area contributed by atoms with Crippen LogP contribution in [-0.2, 0) is 0 Å². The summed E-state index contributed by atoms with van der Waals surface area (Å²) >= 11 is 0. The highest BCUT2D eigenvalue weighted by Gasteiger charge is 2.22. The molecule has 1 aliphatic rings. The number of anilines is 2. The number of nitrogens with zero attached hydrogens (tertiary/aromatic N) is 4. The number of fused-ring (bicyclic) bond motifs is 1. The molecule has 188 valence electrons. The lowest BCUT2D eigenvalue weighted by Gasteiger charge is -2.33. The number of para-hydroxylation sites is 1. The zero-order valence-electron chi connectivity index (χ0n) is 21.0. The zero-order valence-corrected chi connectivity index (χ0v) is 21.0. The summed E-state index contributed by atoms with van der Waals surface area (Å²) in [6.45, 7) is 4.58. The van der Waals surface area contributed by atoms with E-state index in [9.17, 15) is 5.11 Å². The molecule has 0 unspecified atom stereocenters. The molecule has 1 saturated heterocycles. The number of aliphatic hydroxyl groups excluding tert-OH is 1. The Morgan fingerprint density at radius 1 is 1.03 bits per heavy atom. The summed E-state index contributed by atoms with van der Waals surface area (Å²) in [5.41, 5.74) is 4.88. The van der Waals surface area contributed by atoms with Gasteiger partial charge in [-0.05, 0) is 80.7 Å². The first-order valence-corrected chi connectivity index (χ1v) is 12.4. The second kappa shape index (κ2) is 10.6. The van der Waals surface area contributed by atoms with Crippen LogP contribution in [0.4, 0.5) is 11.6 Å².